The van der Waals surface area contributed by atoms with Crippen LogP contribution in [-0.2, 0) is 6.54 Å². The van der Waals surface area contributed by atoms with Crippen LogP contribution in [0, 0.1) is 6.92 Å². The van der Waals surface area contributed by atoms with E-state index in [1.165, 1.54) is 14.2 Å². The second kappa shape index (κ2) is 10.5. The molecule has 0 atom stereocenters. The van der Waals surface area contributed by atoms with Gasteiger partial charge >= 0.3 is 5.97 Å². The SMILES string of the molecule is COc1cc(OC)cc(C(=O)Oc2ccccc2-c2nc3c(C)cccn3c2NCc2ccccc2)c1. The number of fused-ring (bicyclic) bond motifs is 1. The Morgan fingerprint density at radius 1 is 0.892 bits per heavy atom. The number of hydrogen-bond donors (Lipinski definition) is 1. The van der Waals surface area contributed by atoms with Crippen LogP contribution in [0.15, 0.2) is 91.1 Å². The molecule has 7 nitrogen and oxygen atoms in total. The normalized spacial score (nSPS) is 10.8. The third-order valence-electron chi connectivity index (χ3n) is 6.08. The Balaban J connectivity index is 1.55. The summed E-state index contributed by atoms with van der Waals surface area (Å²) in [6.45, 7) is 2.64. The van der Waals surface area contributed by atoms with Gasteiger partial charge in [0.25, 0.3) is 0 Å². The Bertz CT molecular complexity index is 1540. The van der Waals surface area contributed by atoms with E-state index in [1.807, 2.05) is 66.1 Å². The summed E-state index contributed by atoms with van der Waals surface area (Å²) in [6, 6.07) is 26.5. The molecule has 2 heterocycles. The molecule has 0 saturated carbocycles. The molecule has 0 radical (unpaired) electrons. The molecule has 0 fully saturated rings. The molecule has 2 aromatic heterocycles. The highest BCUT2D eigenvalue weighted by Gasteiger charge is 2.21. The van der Waals surface area contributed by atoms with Crippen molar-refractivity contribution >= 4 is 17.4 Å². The topological polar surface area (TPSA) is 74.1 Å². The Hall–Kier alpha value is -4.78. The van der Waals surface area contributed by atoms with E-state index in [0.717, 1.165) is 22.6 Å². The van der Waals surface area contributed by atoms with Crippen LogP contribution >= 0.6 is 0 Å². The number of carbonyl (C=O) groups excluding carboxylic acids is 1. The number of aromatic nitrogens is 2. The van der Waals surface area contributed by atoms with E-state index >= 15 is 0 Å². The maximum atomic E-state index is 13.2. The fourth-order valence-electron chi connectivity index (χ4n) is 4.18. The smallest absolute Gasteiger partial charge is 0.343 e. The maximum absolute atomic E-state index is 13.2. The first-order valence-corrected chi connectivity index (χ1v) is 11.9. The van der Waals surface area contributed by atoms with Crippen LogP contribution in [-0.4, -0.2) is 29.6 Å². The molecular formula is C30H27N3O4. The molecule has 37 heavy (non-hydrogen) atoms. The minimum Gasteiger partial charge on any atom is -0.497 e. The summed E-state index contributed by atoms with van der Waals surface area (Å²) >= 11 is 0. The lowest BCUT2D eigenvalue weighted by molar-refractivity contribution is 0.0734. The number of nitrogens with one attached hydrogen (secondary N) is 1. The molecule has 0 bridgehead atoms. The van der Waals surface area contributed by atoms with Gasteiger partial charge in [0.15, 0.2) is 0 Å². The van der Waals surface area contributed by atoms with Crippen molar-refractivity contribution in [2.75, 3.05) is 19.5 Å². The van der Waals surface area contributed by atoms with Crippen molar-refractivity contribution in [1.29, 1.82) is 0 Å². The second-order valence-electron chi connectivity index (χ2n) is 8.52. The third-order valence-corrected chi connectivity index (χ3v) is 6.08. The van der Waals surface area contributed by atoms with Crippen molar-refractivity contribution in [3.8, 4) is 28.5 Å². The number of pyridine rings is 1. The second-order valence-corrected chi connectivity index (χ2v) is 8.52. The minimum absolute atomic E-state index is 0.319. The number of esters is 1. The van der Waals surface area contributed by atoms with E-state index in [-0.39, 0.29) is 0 Å². The number of anilines is 1. The third kappa shape index (κ3) is 4.97. The van der Waals surface area contributed by atoms with Crippen LogP contribution in [0.2, 0.25) is 0 Å². The van der Waals surface area contributed by atoms with Crippen molar-refractivity contribution < 1.29 is 19.0 Å². The predicted octanol–water partition coefficient (Wildman–Crippen LogP) is 6.16. The van der Waals surface area contributed by atoms with Crippen LogP contribution in [0.25, 0.3) is 16.9 Å². The molecule has 0 aliphatic rings. The van der Waals surface area contributed by atoms with Crippen LogP contribution in [0.1, 0.15) is 21.5 Å². The molecule has 0 saturated heterocycles. The summed E-state index contributed by atoms with van der Waals surface area (Å²) in [7, 11) is 3.07. The Kier molecular flexibility index (Phi) is 6.76. The molecule has 0 amide bonds. The van der Waals surface area contributed by atoms with Gasteiger partial charge in [-0.1, -0.05) is 48.5 Å². The van der Waals surface area contributed by atoms with Gasteiger partial charge in [-0.3, -0.25) is 4.40 Å². The summed E-state index contributed by atoms with van der Waals surface area (Å²) in [4.78, 5) is 18.1. The number of ether oxygens (including phenoxy) is 3. The summed E-state index contributed by atoms with van der Waals surface area (Å²) < 4.78 is 18.5. The number of rotatable bonds is 8. The number of carbonyl (C=O) groups is 1. The molecule has 7 heteroatoms. The zero-order valence-corrected chi connectivity index (χ0v) is 20.9. The van der Waals surface area contributed by atoms with Crippen LogP contribution in [0.5, 0.6) is 17.2 Å². The monoisotopic (exact) mass is 493 g/mol. The summed E-state index contributed by atoms with van der Waals surface area (Å²) in [5.74, 6) is 1.70. The van der Waals surface area contributed by atoms with Gasteiger partial charge in [-0.05, 0) is 48.4 Å². The highest BCUT2D eigenvalue weighted by Crippen LogP contribution is 2.36. The van der Waals surface area contributed by atoms with Crippen LogP contribution in [0.3, 0.4) is 0 Å². The molecule has 5 rings (SSSR count). The molecular weight excluding hydrogens is 466 g/mol. The van der Waals surface area contributed by atoms with E-state index in [1.54, 1.807) is 24.3 Å². The number of benzene rings is 3. The number of methoxy groups -OCH3 is 2. The number of aryl methyl sites for hydroxylation is 1. The molecule has 1 N–H and O–H groups in total. The van der Waals surface area contributed by atoms with E-state index in [2.05, 4.69) is 17.4 Å². The predicted molar refractivity (Wildman–Crippen MR) is 144 cm³/mol. The fraction of sp³-hybridized carbons (Fsp3) is 0.133. The maximum Gasteiger partial charge on any atom is 0.343 e. The number of nitrogens with zero attached hydrogens (tertiary/aromatic N) is 2. The minimum atomic E-state index is -0.525. The Morgan fingerprint density at radius 3 is 2.32 bits per heavy atom. The Morgan fingerprint density at radius 2 is 1.59 bits per heavy atom. The van der Waals surface area contributed by atoms with Crippen molar-refractivity contribution in [3.63, 3.8) is 0 Å². The van der Waals surface area contributed by atoms with Crippen molar-refractivity contribution in [2.24, 2.45) is 0 Å². The summed E-state index contributed by atoms with van der Waals surface area (Å²) in [5, 5.41) is 3.55. The highest BCUT2D eigenvalue weighted by atomic mass is 16.5. The van der Waals surface area contributed by atoms with Gasteiger partial charge < -0.3 is 19.5 Å². The first-order valence-electron chi connectivity index (χ1n) is 11.9. The quantitative estimate of drug-likeness (QED) is 0.206. The molecule has 0 aliphatic heterocycles. The fourth-order valence-corrected chi connectivity index (χ4v) is 4.18. The van der Waals surface area contributed by atoms with Crippen molar-refractivity contribution in [2.45, 2.75) is 13.5 Å². The molecule has 186 valence electrons. The average Bonchev–Trinajstić information content (AvgIpc) is 3.32. The summed E-state index contributed by atoms with van der Waals surface area (Å²) in [5.41, 5.74) is 4.71. The highest BCUT2D eigenvalue weighted by molar-refractivity contribution is 5.93. The van der Waals surface area contributed by atoms with Gasteiger partial charge in [0.05, 0.1) is 19.8 Å². The van der Waals surface area contributed by atoms with Crippen LogP contribution < -0.4 is 19.5 Å². The standard InChI is InChI=1S/C30H27N3O4/c1-20-10-9-15-33-28(20)32-27(29(33)31-19-21-11-5-4-6-12-21)25-13-7-8-14-26(25)37-30(34)22-16-23(35-2)18-24(17-22)36-3/h4-18,31H,19H2,1-3H3. The molecule has 0 unspecified atom stereocenters. The molecule has 5 aromatic rings. The van der Waals surface area contributed by atoms with E-state index in [0.29, 0.717) is 40.6 Å². The van der Waals surface area contributed by atoms with Gasteiger partial charge in [-0.2, -0.15) is 0 Å². The summed E-state index contributed by atoms with van der Waals surface area (Å²) in [6.07, 6.45) is 1.98. The largest absolute Gasteiger partial charge is 0.497 e. The van der Waals surface area contributed by atoms with Gasteiger partial charge in [-0.25, -0.2) is 9.78 Å². The van der Waals surface area contributed by atoms with Crippen LogP contribution in [0.4, 0.5) is 5.82 Å². The van der Waals surface area contributed by atoms with Gasteiger partial charge in [0, 0.05) is 24.4 Å². The van der Waals surface area contributed by atoms with E-state index < -0.39 is 5.97 Å². The number of para-hydroxylation sites is 1. The molecule has 0 spiro atoms. The Labute approximate surface area is 215 Å². The lowest BCUT2D eigenvalue weighted by Crippen LogP contribution is -2.10. The zero-order chi connectivity index (χ0) is 25.8. The average molecular weight is 494 g/mol. The first kappa shape index (κ1) is 23.9. The zero-order valence-electron chi connectivity index (χ0n) is 20.9. The van der Waals surface area contributed by atoms with E-state index in [4.69, 9.17) is 19.2 Å². The van der Waals surface area contributed by atoms with Gasteiger partial charge in [0.1, 0.15) is 34.4 Å². The van der Waals surface area contributed by atoms with Crippen molar-refractivity contribution in [1.82, 2.24) is 9.38 Å². The number of hydrogen-bond acceptors (Lipinski definition) is 6. The van der Waals surface area contributed by atoms with Crippen molar-refractivity contribution in [3.05, 3.63) is 108 Å². The lowest BCUT2D eigenvalue weighted by Gasteiger charge is -2.13. The lowest BCUT2D eigenvalue weighted by atomic mass is 10.1. The van der Waals surface area contributed by atoms with Gasteiger partial charge in [0.2, 0.25) is 0 Å². The molecule has 0 aliphatic carbocycles. The molecule has 3 aromatic carbocycles. The van der Waals surface area contributed by atoms with Gasteiger partial charge in [-0.15, -0.1) is 0 Å². The number of imidazole rings is 1. The first-order chi connectivity index (χ1) is 18.1. The van der Waals surface area contributed by atoms with E-state index in [9.17, 15) is 4.79 Å².